The number of Topliss-reactive ketones (excluding diaryl/α,β-unsaturated/α-hetero) is 1. The number of nitrogens with one attached hydrogen (secondary N) is 1. The highest BCUT2D eigenvalue weighted by Gasteiger charge is 2.56. The minimum Gasteiger partial charge on any atom is -0.322 e. The average molecular weight is 492 g/mol. The van der Waals surface area contributed by atoms with Crippen LogP contribution in [-0.2, 0) is 0 Å². The Labute approximate surface area is 212 Å². The van der Waals surface area contributed by atoms with Gasteiger partial charge in [0.05, 0.1) is 11.0 Å². The number of benzene rings is 4. The maximum absolute atomic E-state index is 13.4. The van der Waals surface area contributed by atoms with Crippen LogP contribution in [0.15, 0.2) is 109 Å². The van der Waals surface area contributed by atoms with E-state index in [9.17, 15) is 24.5 Å². The van der Waals surface area contributed by atoms with Gasteiger partial charge in [0.25, 0.3) is 17.5 Å². The molecule has 4 aromatic rings. The van der Waals surface area contributed by atoms with Gasteiger partial charge in [0.1, 0.15) is 6.04 Å². The summed E-state index contributed by atoms with van der Waals surface area (Å²) in [7, 11) is 0. The zero-order chi connectivity index (χ0) is 25.9. The number of nitrogens with zero attached hydrogens (tertiary/aromatic N) is 2. The van der Waals surface area contributed by atoms with Crippen LogP contribution in [0.2, 0.25) is 0 Å². The molecule has 8 heteroatoms. The fraction of sp³-hybridized carbons (Fsp3) is 0.0690. The lowest BCUT2D eigenvalue weighted by atomic mass is 10.0. The molecule has 1 fully saturated rings. The highest BCUT2D eigenvalue weighted by Crippen LogP contribution is 2.46. The third kappa shape index (κ3) is 4.85. The van der Waals surface area contributed by atoms with Crippen LogP contribution in [0.25, 0.3) is 0 Å². The Bertz CT molecular complexity index is 1490. The fourth-order valence-corrected chi connectivity index (χ4v) is 4.33. The van der Waals surface area contributed by atoms with Gasteiger partial charge in [-0.15, -0.1) is 0 Å². The second-order valence-corrected chi connectivity index (χ2v) is 8.58. The van der Waals surface area contributed by atoms with E-state index in [1.54, 1.807) is 53.4 Å². The van der Waals surface area contributed by atoms with Crippen molar-refractivity contribution in [3.63, 3.8) is 0 Å². The van der Waals surface area contributed by atoms with E-state index >= 15 is 0 Å². The molecule has 0 spiro atoms. The lowest BCUT2D eigenvalue weighted by Crippen LogP contribution is -2.19. The molecule has 8 nitrogen and oxygen atoms in total. The van der Waals surface area contributed by atoms with E-state index in [0.29, 0.717) is 16.8 Å². The molecule has 0 unspecified atom stereocenters. The predicted molar refractivity (Wildman–Crippen MR) is 137 cm³/mol. The third-order valence-electron chi connectivity index (χ3n) is 6.22. The van der Waals surface area contributed by atoms with Crippen molar-refractivity contribution >= 4 is 29.0 Å². The first-order valence-corrected chi connectivity index (χ1v) is 11.6. The maximum Gasteiger partial charge on any atom is 0.270 e. The van der Waals surface area contributed by atoms with Gasteiger partial charge in [0, 0.05) is 34.5 Å². The van der Waals surface area contributed by atoms with Crippen LogP contribution >= 0.6 is 0 Å². The molecule has 0 bridgehead atoms. The molecule has 5 rings (SSSR count). The molecule has 0 aromatic heterocycles. The number of carbonyl (C=O) groups excluding carboxylic acids is 3. The monoisotopic (exact) mass is 491 g/mol. The molecule has 37 heavy (non-hydrogen) atoms. The van der Waals surface area contributed by atoms with Gasteiger partial charge in [-0.05, 0) is 35.9 Å². The number of anilines is 1. The maximum atomic E-state index is 13.4. The lowest BCUT2D eigenvalue weighted by molar-refractivity contribution is -0.384. The molecule has 1 saturated heterocycles. The Kier molecular flexibility index (Phi) is 6.30. The Balaban J connectivity index is 1.34. The number of carbonyl (C=O) groups is 3. The highest BCUT2D eigenvalue weighted by atomic mass is 16.6. The Morgan fingerprint density at radius 3 is 2.00 bits per heavy atom. The van der Waals surface area contributed by atoms with Gasteiger partial charge in [-0.1, -0.05) is 66.7 Å². The van der Waals surface area contributed by atoms with Crippen LogP contribution in [-0.4, -0.2) is 33.5 Å². The number of non-ortho nitro benzene ring substituents is 1. The average Bonchev–Trinajstić information content (AvgIpc) is 3.69. The molecule has 0 saturated carbocycles. The quantitative estimate of drug-likeness (QED) is 0.163. The number of nitro groups is 1. The SMILES string of the molecule is O=C(Nc1ccc(C(=O)N2[C@@H](C(=O)c3ccccc3)[C@@H]2c2ccccc2)cc1)c1cccc([N+](=O)[O-])c1. The predicted octanol–water partition coefficient (Wildman–Crippen LogP) is 5.30. The molecule has 4 aromatic carbocycles. The minimum atomic E-state index is -0.606. The number of rotatable bonds is 7. The van der Waals surface area contributed by atoms with Gasteiger partial charge >= 0.3 is 0 Å². The highest BCUT2D eigenvalue weighted by molar-refractivity contribution is 6.09. The molecule has 2 atom stereocenters. The molecular formula is C29H21N3O5. The second kappa shape index (κ2) is 9.87. The first-order chi connectivity index (χ1) is 17.9. The van der Waals surface area contributed by atoms with E-state index in [4.69, 9.17) is 0 Å². The van der Waals surface area contributed by atoms with Gasteiger partial charge in [-0.3, -0.25) is 24.5 Å². The molecule has 1 heterocycles. The van der Waals surface area contributed by atoms with Crippen LogP contribution in [0.3, 0.4) is 0 Å². The van der Waals surface area contributed by atoms with Crippen molar-refractivity contribution in [3.05, 3.63) is 142 Å². The van der Waals surface area contributed by atoms with E-state index in [1.807, 2.05) is 36.4 Å². The molecular weight excluding hydrogens is 470 g/mol. The summed E-state index contributed by atoms with van der Waals surface area (Å²) in [6, 6.07) is 29.1. The fourth-order valence-electron chi connectivity index (χ4n) is 4.33. The molecule has 1 N–H and O–H groups in total. The van der Waals surface area contributed by atoms with Gasteiger partial charge in [0.15, 0.2) is 5.78 Å². The number of nitro benzene ring substituents is 1. The van der Waals surface area contributed by atoms with E-state index < -0.39 is 16.9 Å². The first-order valence-electron chi connectivity index (χ1n) is 11.6. The Morgan fingerprint density at radius 2 is 1.35 bits per heavy atom. The zero-order valence-electron chi connectivity index (χ0n) is 19.5. The number of hydrogen-bond acceptors (Lipinski definition) is 5. The normalized spacial score (nSPS) is 16.1. The van der Waals surface area contributed by atoms with Crippen molar-refractivity contribution in [2.75, 3.05) is 5.32 Å². The van der Waals surface area contributed by atoms with Crippen LogP contribution in [0.5, 0.6) is 0 Å². The Hall–Kier alpha value is -5.11. The number of amides is 2. The molecule has 0 aliphatic carbocycles. The van der Waals surface area contributed by atoms with Gasteiger partial charge in [-0.25, -0.2) is 0 Å². The first kappa shape index (κ1) is 23.6. The van der Waals surface area contributed by atoms with Crippen LogP contribution in [0.4, 0.5) is 11.4 Å². The van der Waals surface area contributed by atoms with Crippen molar-refractivity contribution in [1.29, 1.82) is 0 Å². The number of ketones is 1. The van der Waals surface area contributed by atoms with Crippen molar-refractivity contribution in [2.24, 2.45) is 0 Å². The summed E-state index contributed by atoms with van der Waals surface area (Å²) in [5.41, 5.74) is 2.19. The molecule has 1 aliphatic rings. The van der Waals surface area contributed by atoms with E-state index in [1.165, 1.54) is 24.3 Å². The van der Waals surface area contributed by atoms with Crippen molar-refractivity contribution in [3.8, 4) is 0 Å². The topological polar surface area (TPSA) is 109 Å². The summed E-state index contributed by atoms with van der Waals surface area (Å²) in [5, 5.41) is 13.6. The van der Waals surface area contributed by atoms with Crippen molar-refractivity contribution in [2.45, 2.75) is 12.1 Å². The summed E-state index contributed by atoms with van der Waals surface area (Å²) in [6.07, 6.45) is 0. The van der Waals surface area contributed by atoms with Gasteiger partial charge < -0.3 is 10.2 Å². The molecule has 0 radical (unpaired) electrons. The summed E-state index contributed by atoms with van der Waals surface area (Å²) in [4.78, 5) is 51.2. The summed E-state index contributed by atoms with van der Waals surface area (Å²) < 4.78 is 0. The molecule has 1 aliphatic heterocycles. The standard InChI is InChI=1S/C29H21N3O5/c33-27(20-10-5-2-6-11-20)26-25(19-8-3-1-4-9-19)31(26)29(35)21-14-16-23(17-15-21)30-28(34)22-12-7-13-24(18-22)32(36)37/h1-18,25-26H,(H,30,34)/t25-,26+,31?/m0/s1. The smallest absolute Gasteiger partial charge is 0.270 e. The van der Waals surface area contributed by atoms with Crippen molar-refractivity contribution < 1.29 is 19.3 Å². The second-order valence-electron chi connectivity index (χ2n) is 8.58. The van der Waals surface area contributed by atoms with Crippen LogP contribution < -0.4 is 5.32 Å². The summed E-state index contributed by atoms with van der Waals surface area (Å²) in [5.74, 6) is -0.922. The van der Waals surface area contributed by atoms with E-state index in [2.05, 4.69) is 5.32 Å². The molecule has 2 amide bonds. The third-order valence-corrected chi connectivity index (χ3v) is 6.22. The number of hydrogen-bond donors (Lipinski definition) is 1. The van der Waals surface area contributed by atoms with Crippen molar-refractivity contribution in [1.82, 2.24) is 4.90 Å². The molecule has 182 valence electrons. The van der Waals surface area contributed by atoms with Crippen LogP contribution in [0, 0.1) is 10.1 Å². The minimum absolute atomic E-state index is 0.122. The zero-order valence-corrected chi connectivity index (χ0v) is 19.5. The van der Waals surface area contributed by atoms with Gasteiger partial charge in [-0.2, -0.15) is 0 Å². The summed E-state index contributed by atoms with van der Waals surface area (Å²) in [6.45, 7) is 0. The lowest BCUT2D eigenvalue weighted by Gasteiger charge is -2.08. The largest absolute Gasteiger partial charge is 0.322 e. The Morgan fingerprint density at radius 1 is 0.730 bits per heavy atom. The summed E-state index contributed by atoms with van der Waals surface area (Å²) >= 11 is 0. The van der Waals surface area contributed by atoms with Gasteiger partial charge in [0.2, 0.25) is 0 Å². The van der Waals surface area contributed by atoms with E-state index in [0.717, 1.165) is 5.56 Å². The van der Waals surface area contributed by atoms with E-state index in [-0.39, 0.29) is 29.0 Å². The van der Waals surface area contributed by atoms with Crippen LogP contribution in [0.1, 0.15) is 42.7 Å².